The molecule has 1 rings (SSSR count). The smallest absolute Gasteiger partial charge is 0.305 e. The van der Waals surface area contributed by atoms with Crippen molar-refractivity contribution in [2.45, 2.75) is 33.2 Å². The monoisotopic (exact) mass is 291 g/mol. The average Bonchev–Trinajstić information content (AvgIpc) is 2.48. The Hall–Kier alpha value is -2.04. The molecule has 5 heteroatoms. The molecule has 21 heavy (non-hydrogen) atoms. The Morgan fingerprint density at radius 3 is 2.57 bits per heavy atom. The summed E-state index contributed by atoms with van der Waals surface area (Å²) in [4.78, 5) is 15.4. The lowest BCUT2D eigenvalue weighted by Crippen LogP contribution is -2.37. The van der Waals surface area contributed by atoms with Crippen LogP contribution in [0, 0.1) is 6.92 Å². The molecular weight excluding hydrogens is 266 g/mol. The zero-order valence-corrected chi connectivity index (χ0v) is 13.1. The van der Waals surface area contributed by atoms with E-state index in [0.29, 0.717) is 19.6 Å². The molecule has 116 valence electrons. The number of hydrogen-bond donors (Lipinski definition) is 2. The van der Waals surface area contributed by atoms with Crippen LogP contribution in [0.15, 0.2) is 29.3 Å². The number of carbonyl (C=O) groups excluding carboxylic acids is 1. The van der Waals surface area contributed by atoms with E-state index >= 15 is 0 Å². The average molecular weight is 291 g/mol. The molecule has 0 aliphatic carbocycles. The summed E-state index contributed by atoms with van der Waals surface area (Å²) in [6.07, 6.45) is 1.15. The molecule has 0 radical (unpaired) electrons. The zero-order valence-electron chi connectivity index (χ0n) is 13.1. The number of esters is 1. The number of ether oxygens (including phenoxy) is 1. The summed E-state index contributed by atoms with van der Waals surface area (Å²) in [5.41, 5.74) is 2.45. The molecule has 0 atom stereocenters. The van der Waals surface area contributed by atoms with E-state index in [0.717, 1.165) is 18.9 Å². The molecule has 0 aliphatic heterocycles. The van der Waals surface area contributed by atoms with Gasteiger partial charge in [-0.05, 0) is 25.8 Å². The van der Waals surface area contributed by atoms with Crippen molar-refractivity contribution in [3.05, 3.63) is 35.4 Å². The Balaban J connectivity index is 2.23. The molecule has 0 saturated carbocycles. The topological polar surface area (TPSA) is 62.7 Å². The predicted octanol–water partition coefficient (Wildman–Crippen LogP) is 2.00. The molecule has 1 aromatic rings. The van der Waals surface area contributed by atoms with Gasteiger partial charge in [0, 0.05) is 26.6 Å². The third-order valence-electron chi connectivity index (χ3n) is 2.96. The van der Waals surface area contributed by atoms with Crippen molar-refractivity contribution in [1.29, 1.82) is 0 Å². The van der Waals surface area contributed by atoms with Crippen LogP contribution in [0.25, 0.3) is 0 Å². The van der Waals surface area contributed by atoms with Crippen LogP contribution in [0.5, 0.6) is 0 Å². The van der Waals surface area contributed by atoms with E-state index in [1.807, 2.05) is 6.92 Å². The van der Waals surface area contributed by atoms with Crippen molar-refractivity contribution in [3.63, 3.8) is 0 Å². The van der Waals surface area contributed by atoms with Crippen LogP contribution in [-0.2, 0) is 16.1 Å². The summed E-state index contributed by atoms with van der Waals surface area (Å²) in [6.45, 7) is 5.73. The Labute approximate surface area is 126 Å². The molecule has 0 spiro atoms. The van der Waals surface area contributed by atoms with E-state index in [9.17, 15) is 4.79 Å². The third-order valence-corrected chi connectivity index (χ3v) is 2.96. The fourth-order valence-electron chi connectivity index (χ4n) is 1.79. The number of nitrogens with zero attached hydrogens (tertiary/aromatic N) is 1. The van der Waals surface area contributed by atoms with Crippen LogP contribution in [0.1, 0.15) is 30.9 Å². The van der Waals surface area contributed by atoms with E-state index in [4.69, 9.17) is 4.74 Å². The van der Waals surface area contributed by atoms with Gasteiger partial charge in [0.05, 0.1) is 6.61 Å². The van der Waals surface area contributed by atoms with Crippen molar-refractivity contribution in [2.75, 3.05) is 20.2 Å². The lowest BCUT2D eigenvalue weighted by molar-refractivity contribution is -0.143. The van der Waals surface area contributed by atoms with E-state index < -0.39 is 0 Å². The van der Waals surface area contributed by atoms with Gasteiger partial charge < -0.3 is 15.4 Å². The molecule has 2 N–H and O–H groups in total. The van der Waals surface area contributed by atoms with Gasteiger partial charge in [0.1, 0.15) is 0 Å². The summed E-state index contributed by atoms with van der Waals surface area (Å²) in [5, 5.41) is 6.42. The van der Waals surface area contributed by atoms with Gasteiger partial charge in [0.25, 0.3) is 0 Å². The van der Waals surface area contributed by atoms with E-state index in [-0.39, 0.29) is 5.97 Å². The number of aliphatic imine (C=N–C) groups is 1. The molecule has 0 saturated heterocycles. The standard InChI is InChI=1S/C16H25N3O2/c1-4-21-15(20)6-5-11-18-16(17-3)19-12-14-9-7-13(2)8-10-14/h7-10H,4-6,11-12H2,1-3H3,(H2,17,18,19). The molecule has 5 nitrogen and oxygen atoms in total. The Morgan fingerprint density at radius 2 is 1.95 bits per heavy atom. The van der Waals surface area contributed by atoms with Crippen LogP contribution in [0.2, 0.25) is 0 Å². The molecule has 0 bridgehead atoms. The van der Waals surface area contributed by atoms with Crippen LogP contribution >= 0.6 is 0 Å². The van der Waals surface area contributed by atoms with Gasteiger partial charge >= 0.3 is 5.97 Å². The first-order chi connectivity index (χ1) is 10.2. The molecule has 1 aromatic carbocycles. The first-order valence-corrected chi connectivity index (χ1v) is 7.31. The summed E-state index contributed by atoms with van der Waals surface area (Å²) >= 11 is 0. The predicted molar refractivity (Wildman–Crippen MR) is 85.2 cm³/mol. The summed E-state index contributed by atoms with van der Waals surface area (Å²) in [5.74, 6) is 0.585. The van der Waals surface area contributed by atoms with Gasteiger partial charge in [-0.3, -0.25) is 9.79 Å². The Kier molecular flexibility index (Phi) is 7.94. The van der Waals surface area contributed by atoms with Crippen LogP contribution in [0.4, 0.5) is 0 Å². The second-order valence-corrected chi connectivity index (χ2v) is 4.75. The molecule has 0 unspecified atom stereocenters. The van der Waals surface area contributed by atoms with Gasteiger partial charge in [0.2, 0.25) is 0 Å². The van der Waals surface area contributed by atoms with E-state index in [2.05, 4.69) is 46.8 Å². The third kappa shape index (κ3) is 7.34. The quantitative estimate of drug-likeness (QED) is 0.349. The molecule has 0 aromatic heterocycles. The SMILES string of the molecule is CCOC(=O)CCCNC(=NC)NCc1ccc(C)cc1. The highest BCUT2D eigenvalue weighted by atomic mass is 16.5. The highest BCUT2D eigenvalue weighted by Crippen LogP contribution is 2.02. The van der Waals surface area contributed by atoms with Gasteiger partial charge in [0.15, 0.2) is 5.96 Å². The fourth-order valence-corrected chi connectivity index (χ4v) is 1.79. The van der Waals surface area contributed by atoms with Crippen LogP contribution in [-0.4, -0.2) is 32.1 Å². The second kappa shape index (κ2) is 9.80. The van der Waals surface area contributed by atoms with Crippen molar-refractivity contribution in [3.8, 4) is 0 Å². The number of aryl methyl sites for hydroxylation is 1. The summed E-state index contributed by atoms with van der Waals surface area (Å²) in [7, 11) is 1.73. The minimum absolute atomic E-state index is 0.151. The van der Waals surface area contributed by atoms with E-state index in [1.54, 1.807) is 7.05 Å². The van der Waals surface area contributed by atoms with Crippen LogP contribution < -0.4 is 10.6 Å². The molecule has 0 fully saturated rings. The lowest BCUT2D eigenvalue weighted by atomic mass is 10.1. The highest BCUT2D eigenvalue weighted by Gasteiger charge is 2.02. The maximum Gasteiger partial charge on any atom is 0.305 e. The minimum Gasteiger partial charge on any atom is -0.466 e. The molecule has 0 aliphatic rings. The summed E-state index contributed by atoms with van der Waals surface area (Å²) in [6, 6.07) is 8.37. The largest absolute Gasteiger partial charge is 0.466 e. The second-order valence-electron chi connectivity index (χ2n) is 4.75. The Bertz CT molecular complexity index is 455. The molecular formula is C16H25N3O2. The van der Waals surface area contributed by atoms with Gasteiger partial charge in [-0.1, -0.05) is 29.8 Å². The number of benzene rings is 1. The van der Waals surface area contributed by atoms with Gasteiger partial charge in [-0.25, -0.2) is 0 Å². The van der Waals surface area contributed by atoms with Crippen molar-refractivity contribution in [2.24, 2.45) is 4.99 Å². The fraction of sp³-hybridized carbons (Fsp3) is 0.500. The first-order valence-electron chi connectivity index (χ1n) is 7.31. The number of hydrogen-bond acceptors (Lipinski definition) is 3. The number of rotatable bonds is 7. The number of guanidine groups is 1. The Morgan fingerprint density at radius 1 is 1.24 bits per heavy atom. The minimum atomic E-state index is -0.151. The van der Waals surface area contributed by atoms with Gasteiger partial charge in [-0.15, -0.1) is 0 Å². The number of carbonyl (C=O) groups is 1. The van der Waals surface area contributed by atoms with Crippen molar-refractivity contribution < 1.29 is 9.53 Å². The molecule has 0 heterocycles. The zero-order chi connectivity index (χ0) is 15.5. The highest BCUT2D eigenvalue weighted by molar-refractivity contribution is 5.79. The maximum atomic E-state index is 11.2. The van der Waals surface area contributed by atoms with E-state index in [1.165, 1.54) is 11.1 Å². The maximum absolute atomic E-state index is 11.2. The van der Waals surface area contributed by atoms with Crippen molar-refractivity contribution >= 4 is 11.9 Å². The normalized spacial score (nSPS) is 11.1. The van der Waals surface area contributed by atoms with Crippen molar-refractivity contribution in [1.82, 2.24) is 10.6 Å². The lowest BCUT2D eigenvalue weighted by Gasteiger charge is -2.12. The van der Waals surface area contributed by atoms with Gasteiger partial charge in [-0.2, -0.15) is 0 Å². The summed E-state index contributed by atoms with van der Waals surface area (Å²) < 4.78 is 4.88. The first kappa shape index (κ1) is 17.0. The molecule has 0 amide bonds. The van der Waals surface area contributed by atoms with Crippen LogP contribution in [0.3, 0.4) is 0 Å². The number of nitrogens with one attached hydrogen (secondary N) is 2.